The van der Waals surface area contributed by atoms with Crippen molar-refractivity contribution in [3.8, 4) is 5.75 Å². The molecule has 6 nitrogen and oxygen atoms in total. The first-order chi connectivity index (χ1) is 19.5. The number of aromatic nitrogens is 1. The predicted octanol–water partition coefficient (Wildman–Crippen LogP) is 6.42. The molecule has 0 fully saturated rings. The number of hydrogen-bond acceptors (Lipinski definition) is 3. The van der Waals surface area contributed by atoms with Crippen LogP contribution in [-0.4, -0.2) is 23.3 Å². The molecule has 1 aromatic heterocycles. The van der Waals surface area contributed by atoms with Crippen LogP contribution in [0.25, 0.3) is 17.0 Å². The molecule has 0 aliphatic carbocycles. The highest BCUT2D eigenvalue weighted by atomic mass is 16.5. The standard InChI is InChI=1S/C34H29N3O3/c1-23-7-6-8-25(19-23)22-37-30-11-4-5-12-31(30)40-32(34(37)39)20-24-13-15-26(16-14-24)33(38)35-18-17-27-21-36-29-10-3-2-9-28(27)29/h2-16,19-21,36H,17-18,22H2,1H3,(H,35,38). The summed E-state index contributed by atoms with van der Waals surface area (Å²) in [5.41, 5.74) is 6.53. The van der Waals surface area contributed by atoms with E-state index in [4.69, 9.17) is 4.74 Å². The first-order valence-electron chi connectivity index (χ1n) is 13.3. The third-order valence-electron chi connectivity index (χ3n) is 7.08. The normalized spacial score (nSPS) is 13.8. The number of aryl methyl sites for hydroxylation is 1. The van der Waals surface area contributed by atoms with Crippen molar-refractivity contribution in [3.63, 3.8) is 0 Å². The van der Waals surface area contributed by atoms with Crippen molar-refractivity contribution in [2.75, 3.05) is 11.4 Å². The minimum atomic E-state index is -0.209. The number of para-hydroxylation sites is 3. The molecule has 2 amide bonds. The Balaban J connectivity index is 1.15. The quantitative estimate of drug-likeness (QED) is 0.240. The summed E-state index contributed by atoms with van der Waals surface area (Å²) in [4.78, 5) is 31.3. The minimum absolute atomic E-state index is 0.137. The van der Waals surface area contributed by atoms with Crippen molar-refractivity contribution in [1.29, 1.82) is 0 Å². The summed E-state index contributed by atoms with van der Waals surface area (Å²) >= 11 is 0. The molecule has 40 heavy (non-hydrogen) atoms. The van der Waals surface area contributed by atoms with Crippen LogP contribution >= 0.6 is 0 Å². The number of anilines is 1. The van der Waals surface area contributed by atoms with Crippen LogP contribution in [0.15, 0.2) is 109 Å². The lowest BCUT2D eigenvalue weighted by Gasteiger charge is -2.30. The van der Waals surface area contributed by atoms with Gasteiger partial charge in [0.1, 0.15) is 0 Å². The Bertz CT molecular complexity index is 1730. The highest BCUT2D eigenvalue weighted by Gasteiger charge is 2.30. The molecule has 6 heteroatoms. The first kappa shape index (κ1) is 25.2. The zero-order chi connectivity index (χ0) is 27.5. The number of hydrogen-bond donors (Lipinski definition) is 2. The highest BCUT2D eigenvalue weighted by molar-refractivity contribution is 6.09. The molecule has 5 aromatic rings. The number of carbonyl (C=O) groups is 2. The third-order valence-corrected chi connectivity index (χ3v) is 7.08. The number of rotatable bonds is 7. The van der Waals surface area contributed by atoms with Crippen LogP contribution in [0.3, 0.4) is 0 Å². The number of amides is 2. The number of aromatic amines is 1. The lowest BCUT2D eigenvalue weighted by atomic mass is 10.1. The molecule has 2 N–H and O–H groups in total. The van der Waals surface area contributed by atoms with E-state index in [9.17, 15) is 9.59 Å². The molecule has 0 saturated heterocycles. The Labute approximate surface area is 232 Å². The van der Waals surface area contributed by atoms with Gasteiger partial charge in [-0.3, -0.25) is 14.5 Å². The second kappa shape index (κ2) is 10.9. The Hall–Kier alpha value is -5.10. The van der Waals surface area contributed by atoms with Crippen molar-refractivity contribution in [2.24, 2.45) is 0 Å². The van der Waals surface area contributed by atoms with Crippen molar-refractivity contribution in [3.05, 3.63) is 137 Å². The fraction of sp³-hybridized carbons (Fsp3) is 0.118. The average Bonchev–Trinajstić information content (AvgIpc) is 3.38. The van der Waals surface area contributed by atoms with Crippen LogP contribution in [0.4, 0.5) is 5.69 Å². The van der Waals surface area contributed by atoms with Gasteiger partial charge in [0.25, 0.3) is 11.8 Å². The molecule has 1 aliphatic rings. The van der Waals surface area contributed by atoms with E-state index in [1.165, 1.54) is 10.9 Å². The summed E-state index contributed by atoms with van der Waals surface area (Å²) in [5.74, 6) is 0.524. The average molecular weight is 528 g/mol. The van der Waals surface area contributed by atoms with Gasteiger partial charge in [0, 0.05) is 29.2 Å². The van der Waals surface area contributed by atoms with E-state index >= 15 is 0 Å². The minimum Gasteiger partial charge on any atom is -0.449 e. The Morgan fingerprint density at radius 3 is 2.60 bits per heavy atom. The molecule has 198 valence electrons. The maximum Gasteiger partial charge on any atom is 0.294 e. The molecule has 1 aliphatic heterocycles. The van der Waals surface area contributed by atoms with Gasteiger partial charge in [0.2, 0.25) is 0 Å². The van der Waals surface area contributed by atoms with Gasteiger partial charge >= 0.3 is 0 Å². The second-order valence-corrected chi connectivity index (χ2v) is 9.95. The Morgan fingerprint density at radius 2 is 1.75 bits per heavy atom. The van der Waals surface area contributed by atoms with Crippen molar-refractivity contribution in [1.82, 2.24) is 10.3 Å². The summed E-state index contributed by atoms with van der Waals surface area (Å²) in [7, 11) is 0. The van der Waals surface area contributed by atoms with Gasteiger partial charge < -0.3 is 15.0 Å². The number of fused-ring (bicyclic) bond motifs is 2. The molecule has 0 spiro atoms. The molecule has 0 saturated carbocycles. The van der Waals surface area contributed by atoms with E-state index in [0.717, 1.165) is 34.3 Å². The van der Waals surface area contributed by atoms with Gasteiger partial charge in [-0.1, -0.05) is 72.3 Å². The van der Waals surface area contributed by atoms with Crippen molar-refractivity contribution in [2.45, 2.75) is 19.9 Å². The topological polar surface area (TPSA) is 74.4 Å². The zero-order valence-electron chi connectivity index (χ0n) is 22.2. The van der Waals surface area contributed by atoms with Gasteiger partial charge in [-0.15, -0.1) is 0 Å². The highest BCUT2D eigenvalue weighted by Crippen LogP contribution is 2.36. The molecule has 0 bridgehead atoms. The number of carbonyl (C=O) groups excluding carboxylic acids is 2. The van der Waals surface area contributed by atoms with Gasteiger partial charge in [-0.2, -0.15) is 0 Å². The number of ether oxygens (including phenoxy) is 1. The molecular weight excluding hydrogens is 498 g/mol. The van der Waals surface area contributed by atoms with Crippen LogP contribution in [0.5, 0.6) is 5.75 Å². The molecule has 0 radical (unpaired) electrons. The number of H-pyrrole nitrogens is 1. The van der Waals surface area contributed by atoms with E-state index in [2.05, 4.69) is 22.4 Å². The van der Waals surface area contributed by atoms with Crippen LogP contribution in [0, 0.1) is 6.92 Å². The summed E-state index contributed by atoms with van der Waals surface area (Å²) < 4.78 is 6.02. The lowest BCUT2D eigenvalue weighted by Crippen LogP contribution is -2.36. The van der Waals surface area contributed by atoms with Gasteiger partial charge in [-0.25, -0.2) is 0 Å². The van der Waals surface area contributed by atoms with E-state index in [0.29, 0.717) is 24.4 Å². The van der Waals surface area contributed by atoms with Crippen LogP contribution in [0.2, 0.25) is 0 Å². The van der Waals surface area contributed by atoms with E-state index in [1.807, 2.05) is 85.9 Å². The zero-order valence-corrected chi connectivity index (χ0v) is 22.2. The molecule has 0 atom stereocenters. The number of benzene rings is 4. The second-order valence-electron chi connectivity index (χ2n) is 9.95. The molecule has 2 heterocycles. The maximum atomic E-state index is 13.5. The molecule has 6 rings (SSSR count). The lowest BCUT2D eigenvalue weighted by molar-refractivity contribution is -0.117. The Morgan fingerprint density at radius 1 is 0.950 bits per heavy atom. The fourth-order valence-corrected chi connectivity index (χ4v) is 5.05. The summed E-state index contributed by atoms with van der Waals surface area (Å²) in [6.45, 7) is 3.01. The first-order valence-corrected chi connectivity index (χ1v) is 13.3. The smallest absolute Gasteiger partial charge is 0.294 e. The largest absolute Gasteiger partial charge is 0.449 e. The van der Waals surface area contributed by atoms with E-state index < -0.39 is 0 Å². The summed E-state index contributed by atoms with van der Waals surface area (Å²) in [6, 6.07) is 31.0. The van der Waals surface area contributed by atoms with Crippen LogP contribution < -0.4 is 15.0 Å². The molecule has 0 unspecified atom stereocenters. The van der Waals surface area contributed by atoms with Gasteiger partial charge in [-0.05, 0) is 66.4 Å². The van der Waals surface area contributed by atoms with E-state index in [-0.39, 0.29) is 17.6 Å². The van der Waals surface area contributed by atoms with Crippen LogP contribution in [0.1, 0.15) is 32.6 Å². The molecular formula is C34H29N3O3. The number of nitrogens with zero attached hydrogens (tertiary/aromatic N) is 1. The van der Waals surface area contributed by atoms with Crippen molar-refractivity contribution >= 4 is 34.5 Å². The molecule has 4 aromatic carbocycles. The van der Waals surface area contributed by atoms with Crippen LogP contribution in [-0.2, 0) is 17.8 Å². The summed E-state index contributed by atoms with van der Waals surface area (Å²) in [6.07, 6.45) is 4.45. The monoisotopic (exact) mass is 527 g/mol. The van der Waals surface area contributed by atoms with Gasteiger partial charge in [0.15, 0.2) is 11.5 Å². The third kappa shape index (κ3) is 5.24. The van der Waals surface area contributed by atoms with E-state index in [1.54, 1.807) is 23.1 Å². The SMILES string of the molecule is Cc1cccc(CN2C(=O)C(=Cc3ccc(C(=O)NCCc4c[nH]c5ccccc45)cc3)Oc3ccccc32)c1. The predicted molar refractivity (Wildman–Crippen MR) is 158 cm³/mol. The van der Waals surface area contributed by atoms with Crippen molar-refractivity contribution < 1.29 is 14.3 Å². The fourth-order valence-electron chi connectivity index (χ4n) is 5.05. The summed E-state index contributed by atoms with van der Waals surface area (Å²) in [5, 5.41) is 4.17. The van der Waals surface area contributed by atoms with Gasteiger partial charge in [0.05, 0.1) is 12.2 Å². The Kier molecular flexibility index (Phi) is 6.89. The number of nitrogens with one attached hydrogen (secondary N) is 2. The maximum absolute atomic E-state index is 13.5.